The molecule has 0 aromatic heterocycles. The van der Waals surface area contributed by atoms with Gasteiger partial charge in [-0.1, -0.05) is 19.3 Å². The zero-order valence-corrected chi connectivity index (χ0v) is 10.0. The third-order valence-corrected chi connectivity index (χ3v) is 3.36. The van der Waals surface area contributed by atoms with Crippen molar-refractivity contribution in [1.82, 2.24) is 4.90 Å². The molecule has 1 aliphatic rings. The Morgan fingerprint density at radius 2 is 2.06 bits per heavy atom. The summed E-state index contributed by atoms with van der Waals surface area (Å²) in [6.45, 7) is 2.25. The van der Waals surface area contributed by atoms with E-state index in [2.05, 4.69) is 0 Å². The van der Waals surface area contributed by atoms with E-state index >= 15 is 0 Å². The fourth-order valence-electron chi connectivity index (χ4n) is 2.41. The van der Waals surface area contributed by atoms with Gasteiger partial charge < -0.3 is 15.7 Å². The van der Waals surface area contributed by atoms with Gasteiger partial charge in [0.2, 0.25) is 0 Å². The van der Waals surface area contributed by atoms with Crippen LogP contribution in [-0.2, 0) is 0 Å². The topological polar surface area (TPSA) is 66.6 Å². The van der Waals surface area contributed by atoms with Crippen LogP contribution in [-0.4, -0.2) is 35.7 Å². The van der Waals surface area contributed by atoms with Crippen LogP contribution in [0.2, 0.25) is 0 Å². The normalized spacial score (nSPS) is 21.1. The van der Waals surface area contributed by atoms with Gasteiger partial charge in [0.05, 0.1) is 0 Å². The summed E-state index contributed by atoms with van der Waals surface area (Å²) in [5.41, 5.74) is 5.43. The molecule has 16 heavy (non-hydrogen) atoms. The predicted molar refractivity (Wildman–Crippen MR) is 64.5 cm³/mol. The summed E-state index contributed by atoms with van der Waals surface area (Å²) in [7, 11) is 0. The van der Waals surface area contributed by atoms with Crippen LogP contribution >= 0.6 is 0 Å². The SMILES string of the molecule is NCCCCCCC1CCCN(C(=O)O)C1. The Bertz CT molecular complexity index is 209. The second kappa shape index (κ2) is 7.49. The van der Waals surface area contributed by atoms with E-state index in [9.17, 15) is 4.79 Å². The largest absolute Gasteiger partial charge is 0.465 e. The first-order valence-corrected chi connectivity index (χ1v) is 6.42. The average Bonchev–Trinajstić information content (AvgIpc) is 2.29. The highest BCUT2D eigenvalue weighted by Gasteiger charge is 2.22. The number of nitrogens with two attached hydrogens (primary N) is 1. The van der Waals surface area contributed by atoms with Crippen molar-refractivity contribution >= 4 is 6.09 Å². The monoisotopic (exact) mass is 228 g/mol. The van der Waals surface area contributed by atoms with Gasteiger partial charge in [0.25, 0.3) is 0 Å². The quantitative estimate of drug-likeness (QED) is 0.685. The number of hydrogen-bond donors (Lipinski definition) is 2. The van der Waals surface area contributed by atoms with Crippen LogP contribution in [0.5, 0.6) is 0 Å². The third kappa shape index (κ3) is 4.84. The molecule has 1 heterocycles. The van der Waals surface area contributed by atoms with Gasteiger partial charge in [-0.15, -0.1) is 0 Å². The van der Waals surface area contributed by atoms with E-state index in [-0.39, 0.29) is 0 Å². The molecule has 1 aliphatic heterocycles. The molecule has 1 saturated heterocycles. The van der Waals surface area contributed by atoms with Gasteiger partial charge in [-0.3, -0.25) is 0 Å². The maximum atomic E-state index is 10.8. The van der Waals surface area contributed by atoms with E-state index in [4.69, 9.17) is 10.8 Å². The molecule has 1 fully saturated rings. The molecule has 4 nitrogen and oxygen atoms in total. The Balaban J connectivity index is 2.10. The summed E-state index contributed by atoms with van der Waals surface area (Å²) in [5.74, 6) is 0.586. The van der Waals surface area contributed by atoms with Crippen molar-refractivity contribution in [1.29, 1.82) is 0 Å². The Morgan fingerprint density at radius 1 is 1.31 bits per heavy atom. The van der Waals surface area contributed by atoms with Crippen molar-refractivity contribution in [3.63, 3.8) is 0 Å². The molecule has 0 aromatic carbocycles. The molecule has 4 heteroatoms. The van der Waals surface area contributed by atoms with E-state index in [1.54, 1.807) is 4.90 Å². The van der Waals surface area contributed by atoms with Crippen LogP contribution in [0.15, 0.2) is 0 Å². The standard InChI is InChI=1S/C12H24N2O2/c13-8-4-2-1-3-6-11-7-5-9-14(10-11)12(15)16/h11H,1-10,13H2,(H,15,16). The molecule has 0 saturated carbocycles. The Morgan fingerprint density at radius 3 is 2.75 bits per heavy atom. The summed E-state index contributed by atoms with van der Waals surface area (Å²) in [4.78, 5) is 12.4. The number of nitrogens with zero attached hydrogens (tertiary/aromatic N) is 1. The van der Waals surface area contributed by atoms with Crippen LogP contribution in [0.25, 0.3) is 0 Å². The maximum absolute atomic E-state index is 10.8. The Labute approximate surface area is 97.8 Å². The number of likely N-dealkylation sites (tertiary alicyclic amines) is 1. The molecular formula is C12H24N2O2. The summed E-state index contributed by atoms with van der Waals surface area (Å²) in [6, 6.07) is 0. The van der Waals surface area contributed by atoms with Crippen LogP contribution in [0, 0.1) is 5.92 Å². The number of carbonyl (C=O) groups is 1. The highest BCUT2D eigenvalue weighted by atomic mass is 16.4. The molecule has 1 atom stereocenters. The maximum Gasteiger partial charge on any atom is 0.407 e. The summed E-state index contributed by atoms with van der Waals surface area (Å²) >= 11 is 0. The first kappa shape index (κ1) is 13.3. The van der Waals surface area contributed by atoms with E-state index in [1.165, 1.54) is 32.1 Å². The van der Waals surface area contributed by atoms with Gasteiger partial charge in [-0.2, -0.15) is 0 Å². The fourth-order valence-corrected chi connectivity index (χ4v) is 2.41. The van der Waals surface area contributed by atoms with Crippen LogP contribution in [0.1, 0.15) is 44.9 Å². The number of amides is 1. The minimum Gasteiger partial charge on any atom is -0.465 e. The molecule has 1 rings (SSSR count). The molecule has 1 unspecified atom stereocenters. The second-order valence-corrected chi connectivity index (χ2v) is 4.73. The van der Waals surface area contributed by atoms with Crippen LogP contribution in [0.3, 0.4) is 0 Å². The second-order valence-electron chi connectivity index (χ2n) is 4.73. The van der Waals surface area contributed by atoms with Gasteiger partial charge in [-0.05, 0) is 38.1 Å². The molecule has 0 radical (unpaired) electrons. The first-order valence-electron chi connectivity index (χ1n) is 6.42. The van der Waals surface area contributed by atoms with Crippen LogP contribution in [0.4, 0.5) is 4.79 Å². The van der Waals surface area contributed by atoms with Gasteiger partial charge in [-0.25, -0.2) is 4.79 Å². The van der Waals surface area contributed by atoms with E-state index < -0.39 is 6.09 Å². The third-order valence-electron chi connectivity index (χ3n) is 3.36. The Hall–Kier alpha value is -0.770. The molecule has 94 valence electrons. The lowest BCUT2D eigenvalue weighted by molar-refractivity contribution is 0.117. The average molecular weight is 228 g/mol. The molecule has 0 spiro atoms. The molecule has 0 bridgehead atoms. The van der Waals surface area contributed by atoms with Crippen molar-refractivity contribution < 1.29 is 9.90 Å². The number of rotatable bonds is 6. The van der Waals surface area contributed by atoms with Crippen molar-refractivity contribution in [2.45, 2.75) is 44.9 Å². The molecule has 0 aliphatic carbocycles. The van der Waals surface area contributed by atoms with Gasteiger partial charge in [0, 0.05) is 13.1 Å². The summed E-state index contributed by atoms with van der Waals surface area (Å²) in [6.07, 6.45) is 7.43. The lowest BCUT2D eigenvalue weighted by Crippen LogP contribution is -2.38. The number of piperidine rings is 1. The minimum absolute atomic E-state index is 0.586. The number of unbranched alkanes of at least 4 members (excludes halogenated alkanes) is 3. The highest BCUT2D eigenvalue weighted by Crippen LogP contribution is 2.22. The van der Waals surface area contributed by atoms with Crippen molar-refractivity contribution in [3.8, 4) is 0 Å². The zero-order chi connectivity index (χ0) is 11.8. The lowest BCUT2D eigenvalue weighted by atomic mass is 9.92. The zero-order valence-electron chi connectivity index (χ0n) is 10.0. The van der Waals surface area contributed by atoms with E-state index in [0.29, 0.717) is 5.92 Å². The van der Waals surface area contributed by atoms with E-state index in [0.717, 1.165) is 32.5 Å². The predicted octanol–water partition coefficient (Wildman–Crippen LogP) is 2.29. The van der Waals surface area contributed by atoms with Crippen LogP contribution < -0.4 is 5.73 Å². The van der Waals surface area contributed by atoms with Crippen molar-refractivity contribution in [2.75, 3.05) is 19.6 Å². The van der Waals surface area contributed by atoms with Gasteiger partial charge >= 0.3 is 6.09 Å². The Kier molecular flexibility index (Phi) is 6.23. The smallest absolute Gasteiger partial charge is 0.407 e. The minimum atomic E-state index is -0.757. The van der Waals surface area contributed by atoms with E-state index in [1.807, 2.05) is 0 Å². The van der Waals surface area contributed by atoms with Crippen molar-refractivity contribution in [3.05, 3.63) is 0 Å². The number of hydrogen-bond acceptors (Lipinski definition) is 2. The lowest BCUT2D eigenvalue weighted by Gasteiger charge is -2.30. The molecule has 1 amide bonds. The highest BCUT2D eigenvalue weighted by molar-refractivity contribution is 5.65. The van der Waals surface area contributed by atoms with Gasteiger partial charge in [0.15, 0.2) is 0 Å². The molecular weight excluding hydrogens is 204 g/mol. The van der Waals surface area contributed by atoms with Crippen molar-refractivity contribution in [2.24, 2.45) is 11.7 Å². The first-order chi connectivity index (χ1) is 7.74. The summed E-state index contributed by atoms with van der Waals surface area (Å²) in [5, 5.41) is 8.91. The number of carboxylic acid groups (broad SMARTS) is 1. The molecule has 0 aromatic rings. The molecule has 3 N–H and O–H groups in total. The van der Waals surface area contributed by atoms with Gasteiger partial charge in [0.1, 0.15) is 0 Å². The summed E-state index contributed by atoms with van der Waals surface area (Å²) < 4.78 is 0. The fraction of sp³-hybridized carbons (Fsp3) is 0.917.